The van der Waals surface area contributed by atoms with E-state index in [0.717, 1.165) is 33.8 Å². The van der Waals surface area contributed by atoms with Gasteiger partial charge in [-0.15, -0.1) is 22.7 Å². The molecule has 3 aromatic heterocycles. The number of aryl methyl sites for hydroxylation is 3. The van der Waals surface area contributed by atoms with Crippen LogP contribution in [-0.2, 0) is 17.6 Å². The molecule has 0 saturated carbocycles. The summed E-state index contributed by atoms with van der Waals surface area (Å²) in [7, 11) is 0. The zero-order chi connectivity index (χ0) is 15.8. The first kappa shape index (κ1) is 15.0. The highest BCUT2D eigenvalue weighted by Crippen LogP contribution is 2.39. The van der Waals surface area contributed by atoms with Gasteiger partial charge in [0.2, 0.25) is 5.91 Å². The molecule has 1 aliphatic rings. The largest absolute Gasteiger partial charge is 0.301 e. The molecule has 1 aliphatic carbocycles. The molecule has 0 radical (unpaired) electrons. The first-order chi connectivity index (χ1) is 11.2. The molecule has 0 aliphatic heterocycles. The van der Waals surface area contributed by atoms with Crippen LogP contribution in [0.2, 0.25) is 0 Å². The number of thioether (sulfide) groups is 1. The summed E-state index contributed by atoms with van der Waals surface area (Å²) in [6.45, 7) is 1.91. The van der Waals surface area contributed by atoms with E-state index in [0.29, 0.717) is 10.9 Å². The molecule has 5 nitrogen and oxygen atoms in total. The van der Waals surface area contributed by atoms with E-state index in [4.69, 9.17) is 0 Å². The van der Waals surface area contributed by atoms with Crippen molar-refractivity contribution in [2.45, 2.75) is 31.2 Å². The van der Waals surface area contributed by atoms with Gasteiger partial charge in [-0.3, -0.25) is 4.79 Å². The van der Waals surface area contributed by atoms with Gasteiger partial charge in [-0.2, -0.15) is 0 Å². The summed E-state index contributed by atoms with van der Waals surface area (Å²) in [6, 6.07) is 0. The van der Waals surface area contributed by atoms with Crippen molar-refractivity contribution in [2.24, 2.45) is 0 Å². The van der Waals surface area contributed by atoms with Gasteiger partial charge in [-0.25, -0.2) is 15.0 Å². The molecule has 1 N–H and O–H groups in total. The highest BCUT2D eigenvalue weighted by atomic mass is 32.2. The molecule has 0 unspecified atom stereocenters. The first-order valence-corrected chi connectivity index (χ1v) is 9.99. The highest BCUT2D eigenvalue weighted by Gasteiger charge is 2.21. The van der Waals surface area contributed by atoms with Crippen molar-refractivity contribution in [3.05, 3.63) is 27.8 Å². The zero-order valence-electron chi connectivity index (χ0n) is 12.5. The Labute approximate surface area is 145 Å². The van der Waals surface area contributed by atoms with Crippen LogP contribution in [0, 0.1) is 6.92 Å². The number of carbonyl (C=O) groups excluding carboxylic acids is 1. The van der Waals surface area contributed by atoms with E-state index in [9.17, 15) is 4.79 Å². The molecule has 1 amide bonds. The van der Waals surface area contributed by atoms with Gasteiger partial charge in [0.25, 0.3) is 0 Å². The Hall–Kier alpha value is -1.51. The van der Waals surface area contributed by atoms with E-state index in [1.807, 2.05) is 12.3 Å². The quantitative estimate of drug-likeness (QED) is 0.566. The SMILES string of the molecule is Cc1csc(NC(=O)CSc2ncnc3sc4c(c23)CCC4)n1. The zero-order valence-corrected chi connectivity index (χ0v) is 14.9. The fourth-order valence-corrected chi connectivity index (χ4v) is 5.53. The Morgan fingerprint density at radius 3 is 3.13 bits per heavy atom. The Kier molecular flexibility index (Phi) is 4.04. The second-order valence-corrected chi connectivity index (χ2v) is 8.25. The molecule has 0 aromatic carbocycles. The summed E-state index contributed by atoms with van der Waals surface area (Å²) in [6.07, 6.45) is 5.05. The van der Waals surface area contributed by atoms with E-state index in [1.54, 1.807) is 17.7 Å². The van der Waals surface area contributed by atoms with Crippen molar-refractivity contribution in [2.75, 3.05) is 11.1 Å². The van der Waals surface area contributed by atoms with Gasteiger partial charge >= 0.3 is 0 Å². The molecule has 3 heterocycles. The lowest BCUT2D eigenvalue weighted by molar-refractivity contribution is -0.113. The molecule has 4 rings (SSSR count). The Morgan fingerprint density at radius 2 is 2.30 bits per heavy atom. The fraction of sp³-hybridized carbons (Fsp3) is 0.333. The second-order valence-electron chi connectivity index (χ2n) is 5.35. The summed E-state index contributed by atoms with van der Waals surface area (Å²) in [5, 5.41) is 7.48. The minimum Gasteiger partial charge on any atom is -0.301 e. The maximum absolute atomic E-state index is 12.1. The third kappa shape index (κ3) is 2.98. The molecule has 0 saturated heterocycles. The van der Waals surface area contributed by atoms with Crippen molar-refractivity contribution < 1.29 is 4.79 Å². The maximum atomic E-state index is 12.1. The Bertz CT molecular complexity index is 886. The van der Waals surface area contributed by atoms with Crippen molar-refractivity contribution in [1.29, 1.82) is 0 Å². The van der Waals surface area contributed by atoms with Gasteiger partial charge in [0.15, 0.2) is 5.13 Å². The van der Waals surface area contributed by atoms with Crippen molar-refractivity contribution >= 4 is 55.7 Å². The third-order valence-electron chi connectivity index (χ3n) is 3.67. The van der Waals surface area contributed by atoms with Crippen molar-refractivity contribution in [3.8, 4) is 0 Å². The van der Waals surface area contributed by atoms with Crippen LogP contribution < -0.4 is 5.32 Å². The molecule has 8 heteroatoms. The number of carbonyl (C=O) groups is 1. The summed E-state index contributed by atoms with van der Waals surface area (Å²) < 4.78 is 0. The number of thiophene rings is 1. The van der Waals surface area contributed by atoms with Crippen molar-refractivity contribution in [3.63, 3.8) is 0 Å². The molecule has 0 spiro atoms. The van der Waals surface area contributed by atoms with Gasteiger partial charge in [-0.1, -0.05) is 11.8 Å². The fourth-order valence-electron chi connectivity index (χ4n) is 2.71. The van der Waals surface area contributed by atoms with Gasteiger partial charge in [0.05, 0.1) is 11.4 Å². The summed E-state index contributed by atoms with van der Waals surface area (Å²) in [4.78, 5) is 27.6. The average Bonchev–Trinajstić information content (AvgIpc) is 3.20. The van der Waals surface area contributed by atoms with Crippen LogP contribution >= 0.6 is 34.4 Å². The summed E-state index contributed by atoms with van der Waals surface area (Å²) in [5.41, 5.74) is 2.31. The van der Waals surface area contributed by atoms with Gasteiger partial charge in [0, 0.05) is 15.6 Å². The van der Waals surface area contributed by atoms with E-state index < -0.39 is 0 Å². The Balaban J connectivity index is 1.51. The van der Waals surface area contributed by atoms with Crippen LogP contribution in [0.25, 0.3) is 10.2 Å². The topological polar surface area (TPSA) is 67.8 Å². The van der Waals surface area contributed by atoms with Gasteiger partial charge in [-0.05, 0) is 31.7 Å². The standard InChI is InChI=1S/C15H14N4OS3/c1-8-5-22-15(18-8)19-11(20)6-21-13-12-9-3-2-4-10(9)23-14(12)17-7-16-13/h5,7H,2-4,6H2,1H3,(H,18,19,20). The molecular weight excluding hydrogens is 348 g/mol. The van der Waals surface area contributed by atoms with Crippen LogP contribution in [0.4, 0.5) is 5.13 Å². The molecule has 0 fully saturated rings. The van der Waals surface area contributed by atoms with Gasteiger partial charge in [0.1, 0.15) is 16.2 Å². The number of hydrogen-bond donors (Lipinski definition) is 1. The number of thiazole rings is 1. The minimum absolute atomic E-state index is 0.0528. The van der Waals surface area contributed by atoms with Crippen molar-refractivity contribution in [1.82, 2.24) is 15.0 Å². The number of aromatic nitrogens is 3. The average molecular weight is 363 g/mol. The van der Waals surface area contributed by atoms with Crippen LogP contribution in [0.3, 0.4) is 0 Å². The predicted molar refractivity (Wildman–Crippen MR) is 95.6 cm³/mol. The van der Waals surface area contributed by atoms with Crippen LogP contribution in [0.1, 0.15) is 22.6 Å². The smallest absolute Gasteiger partial charge is 0.236 e. The second kappa shape index (κ2) is 6.18. The lowest BCUT2D eigenvalue weighted by atomic mass is 10.2. The molecule has 118 valence electrons. The normalized spacial score (nSPS) is 13.4. The first-order valence-electron chi connectivity index (χ1n) is 7.31. The van der Waals surface area contributed by atoms with Crippen LogP contribution in [0.5, 0.6) is 0 Å². The van der Waals surface area contributed by atoms with Crippen LogP contribution in [-0.4, -0.2) is 26.6 Å². The number of fused-ring (bicyclic) bond motifs is 3. The minimum atomic E-state index is -0.0528. The molecule has 0 bridgehead atoms. The Morgan fingerprint density at radius 1 is 1.39 bits per heavy atom. The number of nitrogens with zero attached hydrogens (tertiary/aromatic N) is 3. The maximum Gasteiger partial charge on any atom is 0.236 e. The van der Waals surface area contributed by atoms with E-state index in [1.165, 1.54) is 40.0 Å². The number of anilines is 1. The summed E-state index contributed by atoms with van der Waals surface area (Å²) in [5.74, 6) is 0.276. The monoisotopic (exact) mass is 362 g/mol. The number of amides is 1. The summed E-state index contributed by atoms with van der Waals surface area (Å²) >= 11 is 4.69. The predicted octanol–water partition coefficient (Wildman–Crippen LogP) is 3.68. The third-order valence-corrected chi connectivity index (χ3v) is 6.74. The molecule has 0 atom stereocenters. The van der Waals surface area contributed by atoms with E-state index in [-0.39, 0.29) is 5.91 Å². The van der Waals surface area contributed by atoms with Gasteiger partial charge < -0.3 is 5.32 Å². The molecule has 23 heavy (non-hydrogen) atoms. The number of nitrogens with one attached hydrogen (secondary N) is 1. The van der Waals surface area contributed by atoms with E-state index in [2.05, 4.69) is 20.3 Å². The number of rotatable bonds is 4. The van der Waals surface area contributed by atoms with Crippen LogP contribution in [0.15, 0.2) is 16.7 Å². The van der Waals surface area contributed by atoms with E-state index >= 15 is 0 Å². The molecule has 3 aromatic rings. The number of hydrogen-bond acceptors (Lipinski definition) is 7. The highest BCUT2D eigenvalue weighted by molar-refractivity contribution is 8.00. The lowest BCUT2D eigenvalue weighted by Gasteiger charge is -2.04. The lowest BCUT2D eigenvalue weighted by Crippen LogP contribution is -2.14. The molecular formula is C15H14N4OS3.